The number of nitrogens with zero attached hydrogens (tertiary/aromatic N) is 3. The average Bonchev–Trinajstić information content (AvgIpc) is 2.73. The number of piperazine rings is 1. The van der Waals surface area contributed by atoms with Crippen LogP contribution in [0.15, 0.2) is 47.6 Å². The molecule has 1 heterocycles. The highest BCUT2D eigenvalue weighted by Gasteiger charge is 2.19. The zero-order chi connectivity index (χ0) is 21.3. The number of phenols is 1. The molecule has 7 nitrogen and oxygen atoms in total. The summed E-state index contributed by atoms with van der Waals surface area (Å²) in [7, 11) is 0. The van der Waals surface area contributed by atoms with Gasteiger partial charge in [0, 0.05) is 37.7 Å². The van der Waals surface area contributed by atoms with Crippen LogP contribution in [0.2, 0.25) is 5.02 Å². The molecule has 1 aliphatic rings. The molecular weight excluding hydrogens is 404 g/mol. The summed E-state index contributed by atoms with van der Waals surface area (Å²) in [5, 5.41) is 14.5. The van der Waals surface area contributed by atoms with Gasteiger partial charge in [-0.15, -0.1) is 0 Å². The maximum absolute atomic E-state index is 12.2. The topological polar surface area (TPSA) is 77.4 Å². The lowest BCUT2D eigenvalue weighted by Gasteiger charge is -2.34. The summed E-state index contributed by atoms with van der Waals surface area (Å²) >= 11 is 6.24. The number of amides is 1. The van der Waals surface area contributed by atoms with Gasteiger partial charge in [-0.25, -0.2) is 5.43 Å². The summed E-state index contributed by atoms with van der Waals surface area (Å²) in [5.41, 5.74) is 4.41. The smallest absolute Gasteiger partial charge is 0.254 e. The van der Waals surface area contributed by atoms with Crippen molar-refractivity contribution in [1.29, 1.82) is 0 Å². The van der Waals surface area contributed by atoms with Crippen molar-refractivity contribution in [3.8, 4) is 11.5 Å². The summed E-state index contributed by atoms with van der Waals surface area (Å²) < 4.78 is 5.34. The van der Waals surface area contributed by atoms with Crippen molar-refractivity contribution in [2.75, 3.05) is 39.3 Å². The molecule has 2 N–H and O–H groups in total. The largest absolute Gasteiger partial charge is 0.504 e. The molecule has 0 atom stereocenters. The molecule has 0 saturated carbocycles. The Morgan fingerprint density at radius 2 is 1.93 bits per heavy atom. The second kappa shape index (κ2) is 11.0. The molecule has 0 radical (unpaired) electrons. The van der Waals surface area contributed by atoms with Crippen molar-refractivity contribution >= 4 is 23.7 Å². The first-order valence-corrected chi connectivity index (χ1v) is 10.4. The Hall–Kier alpha value is -2.61. The Morgan fingerprint density at radius 1 is 1.20 bits per heavy atom. The fourth-order valence-electron chi connectivity index (χ4n) is 3.27. The van der Waals surface area contributed by atoms with E-state index in [-0.39, 0.29) is 11.7 Å². The third-order valence-electron chi connectivity index (χ3n) is 4.87. The van der Waals surface area contributed by atoms with Gasteiger partial charge in [0.25, 0.3) is 5.91 Å². The number of ether oxygens (including phenoxy) is 1. The average molecular weight is 431 g/mol. The maximum Gasteiger partial charge on any atom is 0.254 e. The molecule has 0 spiro atoms. The minimum atomic E-state index is -0.158. The standard InChI is InChI=1S/C22H27ClN4O3/c1-2-30-21-13-17(7-8-20(21)28)14-24-25-22(29)16-27-11-9-26(10-12-27)15-18-5-3-4-6-19(18)23/h3-8,13-14,28H,2,9-12,15-16H2,1H3,(H,25,29)/b24-14-. The van der Waals surface area contributed by atoms with E-state index in [0.717, 1.165) is 48.9 Å². The van der Waals surface area contributed by atoms with Gasteiger partial charge in [0.1, 0.15) is 0 Å². The van der Waals surface area contributed by atoms with Crippen molar-refractivity contribution in [2.45, 2.75) is 13.5 Å². The van der Waals surface area contributed by atoms with Gasteiger partial charge in [0.05, 0.1) is 19.4 Å². The Balaban J connectivity index is 1.41. The summed E-state index contributed by atoms with van der Waals surface area (Å²) in [6, 6.07) is 12.8. The Kier molecular flexibility index (Phi) is 8.07. The lowest BCUT2D eigenvalue weighted by Crippen LogP contribution is -2.48. The van der Waals surface area contributed by atoms with Crippen LogP contribution >= 0.6 is 11.6 Å². The van der Waals surface area contributed by atoms with Crippen LogP contribution in [-0.4, -0.2) is 66.4 Å². The van der Waals surface area contributed by atoms with E-state index in [4.69, 9.17) is 16.3 Å². The first-order chi connectivity index (χ1) is 14.5. The van der Waals surface area contributed by atoms with Crippen LogP contribution in [0.25, 0.3) is 0 Å². The van der Waals surface area contributed by atoms with Crippen LogP contribution in [0.3, 0.4) is 0 Å². The number of carbonyl (C=O) groups excluding carboxylic acids is 1. The number of hydrazone groups is 1. The number of phenolic OH excluding ortho intramolecular Hbond substituents is 1. The van der Waals surface area contributed by atoms with E-state index in [1.807, 2.05) is 31.2 Å². The number of rotatable bonds is 8. The zero-order valence-electron chi connectivity index (χ0n) is 17.1. The number of halogens is 1. The molecule has 3 rings (SSSR count). The molecule has 30 heavy (non-hydrogen) atoms. The van der Waals surface area contributed by atoms with E-state index in [1.54, 1.807) is 12.1 Å². The van der Waals surface area contributed by atoms with Gasteiger partial charge in [-0.2, -0.15) is 5.10 Å². The first-order valence-electron chi connectivity index (χ1n) is 10.0. The van der Waals surface area contributed by atoms with E-state index in [9.17, 15) is 9.90 Å². The lowest BCUT2D eigenvalue weighted by molar-refractivity contribution is -0.122. The molecular formula is C22H27ClN4O3. The molecule has 1 aliphatic heterocycles. The molecule has 1 fully saturated rings. The minimum absolute atomic E-state index is 0.0757. The van der Waals surface area contributed by atoms with Crippen LogP contribution in [-0.2, 0) is 11.3 Å². The third-order valence-corrected chi connectivity index (χ3v) is 5.24. The van der Waals surface area contributed by atoms with E-state index in [2.05, 4.69) is 20.3 Å². The molecule has 0 unspecified atom stereocenters. The fraction of sp³-hybridized carbons (Fsp3) is 0.364. The fourth-order valence-corrected chi connectivity index (χ4v) is 3.47. The van der Waals surface area contributed by atoms with E-state index in [0.29, 0.717) is 18.9 Å². The molecule has 0 bridgehead atoms. The predicted molar refractivity (Wildman–Crippen MR) is 118 cm³/mol. The van der Waals surface area contributed by atoms with Crippen LogP contribution in [0.1, 0.15) is 18.1 Å². The van der Waals surface area contributed by atoms with Gasteiger partial charge in [0.15, 0.2) is 11.5 Å². The van der Waals surface area contributed by atoms with Gasteiger partial charge < -0.3 is 9.84 Å². The van der Waals surface area contributed by atoms with Crippen molar-refractivity contribution < 1.29 is 14.6 Å². The second-order valence-electron chi connectivity index (χ2n) is 7.10. The van der Waals surface area contributed by atoms with E-state index < -0.39 is 0 Å². The number of nitrogens with one attached hydrogen (secondary N) is 1. The Labute approximate surface area is 181 Å². The van der Waals surface area contributed by atoms with Crippen LogP contribution < -0.4 is 10.2 Å². The summed E-state index contributed by atoms with van der Waals surface area (Å²) in [4.78, 5) is 16.6. The van der Waals surface area contributed by atoms with Crippen molar-refractivity contribution in [1.82, 2.24) is 15.2 Å². The number of hydrogen-bond donors (Lipinski definition) is 2. The summed E-state index contributed by atoms with van der Waals surface area (Å²) in [6.07, 6.45) is 1.53. The van der Waals surface area contributed by atoms with Gasteiger partial charge >= 0.3 is 0 Å². The summed E-state index contributed by atoms with van der Waals surface area (Å²) in [5.74, 6) is 0.309. The molecule has 2 aromatic rings. The molecule has 0 aliphatic carbocycles. The highest BCUT2D eigenvalue weighted by atomic mass is 35.5. The maximum atomic E-state index is 12.2. The van der Waals surface area contributed by atoms with Crippen LogP contribution in [0.5, 0.6) is 11.5 Å². The highest BCUT2D eigenvalue weighted by Crippen LogP contribution is 2.26. The van der Waals surface area contributed by atoms with Crippen molar-refractivity contribution in [2.24, 2.45) is 5.10 Å². The monoisotopic (exact) mass is 430 g/mol. The third kappa shape index (κ3) is 6.45. The highest BCUT2D eigenvalue weighted by molar-refractivity contribution is 6.31. The molecule has 1 saturated heterocycles. The SMILES string of the molecule is CCOc1cc(/C=N\NC(=O)CN2CCN(Cc3ccccc3Cl)CC2)ccc1O. The van der Waals surface area contributed by atoms with Gasteiger partial charge in [-0.05, 0) is 42.3 Å². The molecule has 160 valence electrons. The van der Waals surface area contributed by atoms with Crippen LogP contribution in [0.4, 0.5) is 0 Å². The number of hydrogen-bond acceptors (Lipinski definition) is 6. The van der Waals surface area contributed by atoms with Crippen molar-refractivity contribution in [3.63, 3.8) is 0 Å². The second-order valence-corrected chi connectivity index (χ2v) is 7.50. The van der Waals surface area contributed by atoms with Crippen LogP contribution in [0, 0.1) is 0 Å². The number of carbonyl (C=O) groups is 1. The lowest BCUT2D eigenvalue weighted by atomic mass is 10.2. The molecule has 0 aromatic heterocycles. The zero-order valence-corrected chi connectivity index (χ0v) is 17.8. The van der Waals surface area contributed by atoms with Gasteiger partial charge in [-0.1, -0.05) is 29.8 Å². The molecule has 1 amide bonds. The Bertz CT molecular complexity index is 882. The molecule has 2 aromatic carbocycles. The minimum Gasteiger partial charge on any atom is -0.504 e. The number of aromatic hydroxyl groups is 1. The Morgan fingerprint density at radius 3 is 2.67 bits per heavy atom. The van der Waals surface area contributed by atoms with E-state index in [1.165, 1.54) is 12.3 Å². The normalized spacial score (nSPS) is 15.4. The molecule has 8 heteroatoms. The number of benzene rings is 2. The quantitative estimate of drug-likeness (QED) is 0.497. The van der Waals surface area contributed by atoms with Crippen molar-refractivity contribution in [3.05, 3.63) is 58.6 Å². The van der Waals surface area contributed by atoms with Gasteiger partial charge in [-0.3, -0.25) is 14.6 Å². The summed E-state index contributed by atoms with van der Waals surface area (Å²) in [6.45, 7) is 6.82. The van der Waals surface area contributed by atoms with E-state index >= 15 is 0 Å². The predicted octanol–water partition coefficient (Wildman–Crippen LogP) is 2.71. The first kappa shape index (κ1) is 22.1. The van der Waals surface area contributed by atoms with Gasteiger partial charge in [0.2, 0.25) is 0 Å².